The van der Waals surface area contributed by atoms with Crippen LogP contribution in [0.1, 0.15) is 30.4 Å². The fraction of sp³-hybridized carbons (Fsp3) is 0.500. The lowest BCUT2D eigenvalue weighted by Crippen LogP contribution is -2.41. The van der Waals surface area contributed by atoms with Crippen molar-refractivity contribution in [1.29, 1.82) is 0 Å². The van der Waals surface area contributed by atoms with Gasteiger partial charge in [-0.05, 0) is 26.2 Å². The van der Waals surface area contributed by atoms with Crippen LogP contribution in [0.3, 0.4) is 0 Å². The van der Waals surface area contributed by atoms with E-state index in [4.69, 9.17) is 4.99 Å². The van der Waals surface area contributed by atoms with Crippen LogP contribution >= 0.6 is 0 Å². The third-order valence-corrected chi connectivity index (χ3v) is 3.73. The van der Waals surface area contributed by atoms with Crippen LogP contribution in [-0.4, -0.2) is 29.1 Å². The molecule has 0 saturated heterocycles. The number of aliphatic imine (C=N–C) groups is 1. The molecule has 3 nitrogen and oxygen atoms in total. The first-order chi connectivity index (χ1) is 8.22. The van der Waals surface area contributed by atoms with Crippen LogP contribution in [0, 0.1) is 6.92 Å². The minimum Gasteiger partial charge on any atom is -0.393 e. The Morgan fingerprint density at radius 2 is 2.00 bits per heavy atom. The van der Waals surface area contributed by atoms with Crippen molar-refractivity contribution in [1.82, 2.24) is 5.32 Å². The molecule has 1 heterocycles. The van der Waals surface area contributed by atoms with Gasteiger partial charge in [-0.3, -0.25) is 4.99 Å². The van der Waals surface area contributed by atoms with Gasteiger partial charge in [0.15, 0.2) is 0 Å². The minimum absolute atomic E-state index is 0.156. The molecule has 0 radical (unpaired) electrons. The highest BCUT2D eigenvalue weighted by Gasteiger charge is 2.34. The number of fused-ring (bicyclic) bond motifs is 1. The Morgan fingerprint density at radius 1 is 1.24 bits per heavy atom. The molecule has 2 aliphatic rings. The number of hydrogen-bond donors (Lipinski definition) is 2. The van der Waals surface area contributed by atoms with Crippen molar-refractivity contribution in [2.45, 2.75) is 44.4 Å². The van der Waals surface area contributed by atoms with Crippen LogP contribution < -0.4 is 5.32 Å². The summed E-state index contributed by atoms with van der Waals surface area (Å²) in [5.74, 6) is 0.995. The molecule has 0 amide bonds. The molecule has 2 N–H and O–H groups in total. The Balaban J connectivity index is 1.80. The molecule has 1 aliphatic carbocycles. The topological polar surface area (TPSA) is 44.6 Å². The van der Waals surface area contributed by atoms with Gasteiger partial charge in [-0.15, -0.1) is 0 Å². The molecule has 3 atom stereocenters. The molecule has 0 aromatic heterocycles. The van der Waals surface area contributed by atoms with E-state index in [9.17, 15) is 5.11 Å². The molecule has 1 aromatic rings. The van der Waals surface area contributed by atoms with E-state index in [0.717, 1.165) is 30.7 Å². The van der Waals surface area contributed by atoms with E-state index >= 15 is 0 Å². The largest absolute Gasteiger partial charge is 0.393 e. The molecule has 1 saturated carbocycles. The average Bonchev–Trinajstić information content (AvgIpc) is 2.72. The highest BCUT2D eigenvalue weighted by molar-refractivity contribution is 6.00. The number of nitrogens with one attached hydrogen (secondary N) is 1. The number of amidine groups is 1. The lowest BCUT2D eigenvalue weighted by molar-refractivity contribution is 0.112. The molecule has 17 heavy (non-hydrogen) atoms. The van der Waals surface area contributed by atoms with Crippen molar-refractivity contribution >= 4 is 5.84 Å². The molecule has 3 rings (SSSR count). The second kappa shape index (κ2) is 4.15. The van der Waals surface area contributed by atoms with Gasteiger partial charge in [-0.25, -0.2) is 0 Å². The van der Waals surface area contributed by atoms with Crippen LogP contribution in [-0.2, 0) is 0 Å². The highest BCUT2D eigenvalue weighted by atomic mass is 16.3. The van der Waals surface area contributed by atoms with Crippen LogP contribution in [0.25, 0.3) is 0 Å². The second-order valence-corrected chi connectivity index (χ2v) is 5.13. The van der Waals surface area contributed by atoms with E-state index in [0.29, 0.717) is 12.1 Å². The summed E-state index contributed by atoms with van der Waals surface area (Å²) in [4.78, 5) is 4.74. The molecule has 1 aromatic carbocycles. The Labute approximate surface area is 102 Å². The molecule has 0 spiro atoms. The zero-order valence-corrected chi connectivity index (χ0v) is 10.1. The Morgan fingerprint density at radius 3 is 2.76 bits per heavy atom. The number of hydrogen-bond acceptors (Lipinski definition) is 3. The van der Waals surface area contributed by atoms with Crippen LogP contribution in [0.2, 0.25) is 0 Å². The van der Waals surface area contributed by atoms with Gasteiger partial charge in [-0.1, -0.05) is 29.8 Å². The molecular formula is C14H18N2O. The molecule has 3 unspecified atom stereocenters. The first kappa shape index (κ1) is 10.8. The fourth-order valence-corrected chi connectivity index (χ4v) is 2.69. The van der Waals surface area contributed by atoms with Gasteiger partial charge in [0.25, 0.3) is 0 Å². The summed E-state index contributed by atoms with van der Waals surface area (Å²) < 4.78 is 0. The zero-order valence-electron chi connectivity index (χ0n) is 10.1. The number of aryl methyl sites for hydroxylation is 1. The van der Waals surface area contributed by atoms with Gasteiger partial charge in [-0.2, -0.15) is 0 Å². The van der Waals surface area contributed by atoms with Crippen molar-refractivity contribution in [2.24, 2.45) is 4.99 Å². The maximum Gasteiger partial charge on any atom is 0.128 e. The predicted molar refractivity (Wildman–Crippen MR) is 68.3 cm³/mol. The smallest absolute Gasteiger partial charge is 0.128 e. The number of nitrogens with zero attached hydrogens (tertiary/aromatic N) is 1. The van der Waals surface area contributed by atoms with E-state index in [1.165, 1.54) is 5.56 Å². The number of aliphatic hydroxyl groups is 1. The van der Waals surface area contributed by atoms with Crippen molar-refractivity contribution in [3.05, 3.63) is 35.4 Å². The van der Waals surface area contributed by atoms with E-state index in [1.807, 2.05) is 0 Å². The maximum atomic E-state index is 9.66. The predicted octanol–water partition coefficient (Wildman–Crippen LogP) is 1.63. The molecule has 0 bridgehead atoms. The van der Waals surface area contributed by atoms with Crippen molar-refractivity contribution in [2.75, 3.05) is 0 Å². The van der Waals surface area contributed by atoms with Crippen LogP contribution in [0.15, 0.2) is 29.3 Å². The van der Waals surface area contributed by atoms with E-state index in [1.54, 1.807) is 0 Å². The van der Waals surface area contributed by atoms with Gasteiger partial charge in [0.1, 0.15) is 5.84 Å². The second-order valence-electron chi connectivity index (χ2n) is 5.13. The third kappa shape index (κ3) is 2.07. The van der Waals surface area contributed by atoms with Gasteiger partial charge >= 0.3 is 0 Å². The molecule has 3 heteroatoms. The Bertz CT molecular complexity index is 438. The first-order valence-corrected chi connectivity index (χ1v) is 6.32. The monoisotopic (exact) mass is 230 g/mol. The zero-order chi connectivity index (χ0) is 11.8. The minimum atomic E-state index is -0.156. The quantitative estimate of drug-likeness (QED) is 0.770. The Hall–Kier alpha value is -1.35. The SMILES string of the molecule is Cc1ccc(C2=NC3CCC(O)CC3N2)cc1. The maximum absolute atomic E-state index is 9.66. The number of benzene rings is 1. The lowest BCUT2D eigenvalue weighted by Gasteiger charge is -2.27. The van der Waals surface area contributed by atoms with Crippen LogP contribution in [0.5, 0.6) is 0 Å². The summed E-state index contributed by atoms with van der Waals surface area (Å²) in [6.45, 7) is 2.09. The first-order valence-electron chi connectivity index (χ1n) is 6.32. The van der Waals surface area contributed by atoms with Crippen molar-refractivity contribution < 1.29 is 5.11 Å². The normalized spacial score (nSPS) is 31.6. The third-order valence-electron chi connectivity index (χ3n) is 3.73. The molecular weight excluding hydrogens is 212 g/mol. The highest BCUT2D eigenvalue weighted by Crippen LogP contribution is 2.26. The molecule has 1 aliphatic heterocycles. The summed E-state index contributed by atoms with van der Waals surface area (Å²) in [5, 5.41) is 13.1. The summed E-state index contributed by atoms with van der Waals surface area (Å²) in [5.41, 5.74) is 2.42. The van der Waals surface area contributed by atoms with Gasteiger partial charge < -0.3 is 10.4 Å². The summed E-state index contributed by atoms with van der Waals surface area (Å²) in [6.07, 6.45) is 2.54. The van der Waals surface area contributed by atoms with E-state index < -0.39 is 0 Å². The van der Waals surface area contributed by atoms with Crippen LogP contribution in [0.4, 0.5) is 0 Å². The number of rotatable bonds is 1. The summed E-state index contributed by atoms with van der Waals surface area (Å²) in [6, 6.07) is 9.11. The van der Waals surface area contributed by atoms with Crippen molar-refractivity contribution in [3.8, 4) is 0 Å². The summed E-state index contributed by atoms with van der Waals surface area (Å²) >= 11 is 0. The average molecular weight is 230 g/mol. The molecule has 1 fully saturated rings. The number of aliphatic hydroxyl groups excluding tert-OH is 1. The van der Waals surface area contributed by atoms with E-state index in [2.05, 4.69) is 36.5 Å². The van der Waals surface area contributed by atoms with Gasteiger partial charge in [0, 0.05) is 5.56 Å². The molecule has 90 valence electrons. The Kier molecular flexibility index (Phi) is 2.63. The lowest BCUT2D eigenvalue weighted by atomic mass is 9.90. The standard InChI is InChI=1S/C14H18N2O/c1-9-2-4-10(5-3-9)14-15-12-7-6-11(17)8-13(12)16-14/h2-5,11-13,17H,6-8H2,1H3,(H,15,16). The van der Waals surface area contributed by atoms with Gasteiger partial charge in [0.05, 0.1) is 18.2 Å². The fourth-order valence-electron chi connectivity index (χ4n) is 2.69. The van der Waals surface area contributed by atoms with E-state index in [-0.39, 0.29) is 6.10 Å². The van der Waals surface area contributed by atoms with Crippen molar-refractivity contribution in [3.63, 3.8) is 0 Å². The summed E-state index contributed by atoms with van der Waals surface area (Å²) in [7, 11) is 0. The van der Waals surface area contributed by atoms with Gasteiger partial charge in [0.2, 0.25) is 0 Å².